The van der Waals surface area contributed by atoms with Gasteiger partial charge >= 0.3 is 5.97 Å². The van der Waals surface area contributed by atoms with E-state index in [1.165, 1.54) is 6.07 Å². The fourth-order valence-electron chi connectivity index (χ4n) is 1.69. The van der Waals surface area contributed by atoms with Crippen LogP contribution in [0.3, 0.4) is 0 Å². The molecule has 0 aliphatic carbocycles. The van der Waals surface area contributed by atoms with Crippen molar-refractivity contribution in [1.29, 1.82) is 0 Å². The molecule has 0 unspecified atom stereocenters. The van der Waals surface area contributed by atoms with Gasteiger partial charge < -0.3 is 16.2 Å². The number of aryl methyl sites for hydroxylation is 2. The highest BCUT2D eigenvalue weighted by molar-refractivity contribution is 6.00. The van der Waals surface area contributed by atoms with Crippen LogP contribution in [0.15, 0.2) is 18.2 Å². The molecule has 0 fully saturated rings. The molecule has 2 rings (SSSR count). The normalized spacial score (nSPS) is 10.5. The van der Waals surface area contributed by atoms with Gasteiger partial charge in [-0.25, -0.2) is 9.18 Å². The molecule has 4 N–H and O–H groups in total. The Hall–Kier alpha value is -2.57. The van der Waals surface area contributed by atoms with Crippen molar-refractivity contribution in [2.45, 2.75) is 6.92 Å². The van der Waals surface area contributed by atoms with Crippen LogP contribution in [0.5, 0.6) is 0 Å². The van der Waals surface area contributed by atoms with Gasteiger partial charge in [0, 0.05) is 18.8 Å². The van der Waals surface area contributed by atoms with Crippen LogP contribution in [-0.2, 0) is 7.05 Å². The van der Waals surface area contributed by atoms with E-state index in [-0.39, 0.29) is 11.3 Å². The highest BCUT2D eigenvalue weighted by atomic mass is 19.1. The summed E-state index contributed by atoms with van der Waals surface area (Å²) < 4.78 is 14.9. The monoisotopic (exact) mass is 264 g/mol. The van der Waals surface area contributed by atoms with Gasteiger partial charge in [0.2, 0.25) is 0 Å². The predicted molar refractivity (Wildman–Crippen MR) is 69.0 cm³/mol. The third-order valence-electron chi connectivity index (χ3n) is 2.78. The standard InChI is InChI=1S/C12H13FN4O2/c1-6-5-9(16-17(6)2)15-8-4-3-7(13)11(14)10(8)12(18)19/h3-5H,14H2,1-2H3,(H,15,16)(H,18,19). The number of carboxylic acids is 1. The molecule has 2 aromatic rings. The maximum absolute atomic E-state index is 13.3. The van der Waals surface area contributed by atoms with Crippen LogP contribution in [0.4, 0.5) is 21.6 Å². The van der Waals surface area contributed by atoms with Crippen molar-refractivity contribution in [1.82, 2.24) is 9.78 Å². The Balaban J connectivity index is 2.45. The van der Waals surface area contributed by atoms with E-state index in [1.54, 1.807) is 17.8 Å². The number of carboxylic acid groups (broad SMARTS) is 1. The van der Waals surface area contributed by atoms with E-state index in [9.17, 15) is 9.18 Å². The van der Waals surface area contributed by atoms with Crippen molar-refractivity contribution in [3.63, 3.8) is 0 Å². The third kappa shape index (κ3) is 2.35. The Morgan fingerprint density at radius 1 is 1.53 bits per heavy atom. The molecule has 6 nitrogen and oxygen atoms in total. The zero-order valence-electron chi connectivity index (χ0n) is 10.4. The molecule has 0 amide bonds. The zero-order valence-corrected chi connectivity index (χ0v) is 10.4. The Bertz CT molecular complexity index is 632. The van der Waals surface area contributed by atoms with E-state index in [1.807, 2.05) is 6.92 Å². The molecule has 0 saturated carbocycles. The number of nitrogens with zero attached hydrogens (tertiary/aromatic N) is 2. The molecule has 0 bridgehead atoms. The van der Waals surface area contributed by atoms with E-state index in [0.29, 0.717) is 5.82 Å². The van der Waals surface area contributed by atoms with Crippen molar-refractivity contribution in [2.24, 2.45) is 7.05 Å². The summed E-state index contributed by atoms with van der Waals surface area (Å²) in [5, 5.41) is 16.1. The van der Waals surface area contributed by atoms with Crippen LogP contribution in [-0.4, -0.2) is 20.9 Å². The van der Waals surface area contributed by atoms with Crippen molar-refractivity contribution in [2.75, 3.05) is 11.1 Å². The quantitative estimate of drug-likeness (QED) is 0.736. The minimum Gasteiger partial charge on any atom is -0.478 e. The van der Waals surface area contributed by atoms with Gasteiger partial charge in [-0.2, -0.15) is 5.10 Å². The van der Waals surface area contributed by atoms with Crippen LogP contribution in [0.1, 0.15) is 16.1 Å². The number of halogens is 1. The van der Waals surface area contributed by atoms with E-state index in [0.717, 1.165) is 11.8 Å². The largest absolute Gasteiger partial charge is 0.478 e. The van der Waals surface area contributed by atoms with Crippen molar-refractivity contribution in [3.05, 3.63) is 35.3 Å². The number of benzene rings is 1. The molecule has 0 aliphatic heterocycles. The summed E-state index contributed by atoms with van der Waals surface area (Å²) in [6.07, 6.45) is 0. The summed E-state index contributed by atoms with van der Waals surface area (Å²) in [4.78, 5) is 11.1. The molecule has 0 spiro atoms. The van der Waals surface area contributed by atoms with Crippen LogP contribution >= 0.6 is 0 Å². The Labute approximate surface area is 108 Å². The number of anilines is 3. The van der Waals surface area contributed by atoms with E-state index < -0.39 is 17.5 Å². The summed E-state index contributed by atoms with van der Waals surface area (Å²) in [6, 6.07) is 4.17. The molecule has 1 heterocycles. The number of aromatic nitrogens is 2. The average molecular weight is 264 g/mol. The smallest absolute Gasteiger partial charge is 0.340 e. The first-order chi connectivity index (χ1) is 8.90. The Kier molecular flexibility index (Phi) is 3.12. The number of nitrogen functional groups attached to an aromatic ring is 1. The lowest BCUT2D eigenvalue weighted by atomic mass is 10.1. The molecule has 0 aliphatic rings. The van der Waals surface area contributed by atoms with Gasteiger partial charge in [-0.15, -0.1) is 0 Å². The highest BCUT2D eigenvalue weighted by Gasteiger charge is 2.18. The fourth-order valence-corrected chi connectivity index (χ4v) is 1.69. The van der Waals surface area contributed by atoms with Gasteiger partial charge in [0.05, 0.1) is 11.4 Å². The number of hydrogen-bond donors (Lipinski definition) is 3. The SMILES string of the molecule is Cc1cc(Nc2ccc(F)c(N)c2C(=O)O)nn1C. The third-order valence-corrected chi connectivity index (χ3v) is 2.78. The molecule has 100 valence electrons. The van der Waals surface area contributed by atoms with Crippen LogP contribution in [0, 0.1) is 12.7 Å². The zero-order chi connectivity index (χ0) is 14.2. The summed E-state index contributed by atoms with van der Waals surface area (Å²) >= 11 is 0. The molecular weight excluding hydrogens is 251 g/mol. The molecule has 19 heavy (non-hydrogen) atoms. The van der Waals surface area contributed by atoms with E-state index in [4.69, 9.17) is 10.8 Å². The summed E-state index contributed by atoms with van der Waals surface area (Å²) in [7, 11) is 1.76. The summed E-state index contributed by atoms with van der Waals surface area (Å²) in [6.45, 7) is 1.86. The van der Waals surface area contributed by atoms with E-state index >= 15 is 0 Å². The number of nitrogens with two attached hydrogens (primary N) is 1. The minimum atomic E-state index is -1.30. The second kappa shape index (κ2) is 4.60. The molecule has 0 atom stereocenters. The first-order valence-electron chi connectivity index (χ1n) is 5.49. The van der Waals surface area contributed by atoms with Gasteiger partial charge in [0.1, 0.15) is 11.4 Å². The first-order valence-corrected chi connectivity index (χ1v) is 5.49. The molecule has 0 saturated heterocycles. The second-order valence-corrected chi connectivity index (χ2v) is 4.11. The van der Waals surface area contributed by atoms with Crippen LogP contribution in [0.2, 0.25) is 0 Å². The molecular formula is C12H13FN4O2. The lowest BCUT2D eigenvalue weighted by molar-refractivity contribution is 0.0698. The van der Waals surface area contributed by atoms with Gasteiger partial charge in [-0.3, -0.25) is 4.68 Å². The van der Waals surface area contributed by atoms with Gasteiger partial charge in [0.25, 0.3) is 0 Å². The first kappa shape index (κ1) is 12.9. The number of aromatic carboxylic acids is 1. The summed E-state index contributed by atoms with van der Waals surface area (Å²) in [5.41, 5.74) is 5.85. The van der Waals surface area contributed by atoms with Gasteiger partial charge in [-0.1, -0.05) is 0 Å². The van der Waals surface area contributed by atoms with Gasteiger partial charge in [0.15, 0.2) is 5.82 Å². The maximum atomic E-state index is 13.3. The summed E-state index contributed by atoms with van der Waals surface area (Å²) in [5.74, 6) is -1.60. The lowest BCUT2D eigenvalue weighted by Crippen LogP contribution is -2.09. The van der Waals surface area contributed by atoms with E-state index in [2.05, 4.69) is 10.4 Å². The number of nitrogens with one attached hydrogen (secondary N) is 1. The number of carbonyl (C=O) groups is 1. The molecule has 1 aromatic heterocycles. The average Bonchev–Trinajstić information content (AvgIpc) is 2.63. The predicted octanol–water partition coefficient (Wildman–Crippen LogP) is 1.89. The number of hydrogen-bond acceptors (Lipinski definition) is 4. The minimum absolute atomic E-state index is 0.199. The Morgan fingerprint density at radius 2 is 2.21 bits per heavy atom. The van der Waals surface area contributed by atoms with Gasteiger partial charge in [-0.05, 0) is 19.1 Å². The maximum Gasteiger partial charge on any atom is 0.340 e. The van der Waals surface area contributed by atoms with Crippen LogP contribution < -0.4 is 11.1 Å². The highest BCUT2D eigenvalue weighted by Crippen LogP contribution is 2.27. The number of rotatable bonds is 3. The lowest BCUT2D eigenvalue weighted by Gasteiger charge is -2.10. The van der Waals surface area contributed by atoms with Crippen molar-refractivity contribution in [3.8, 4) is 0 Å². The molecule has 1 aromatic carbocycles. The molecule has 7 heteroatoms. The Morgan fingerprint density at radius 3 is 2.74 bits per heavy atom. The van der Waals surface area contributed by atoms with Crippen molar-refractivity contribution >= 4 is 23.2 Å². The second-order valence-electron chi connectivity index (χ2n) is 4.11. The van der Waals surface area contributed by atoms with Crippen molar-refractivity contribution < 1.29 is 14.3 Å². The van der Waals surface area contributed by atoms with Crippen LogP contribution in [0.25, 0.3) is 0 Å². The molecule has 0 radical (unpaired) electrons. The topological polar surface area (TPSA) is 93.2 Å². The fraction of sp³-hybridized carbons (Fsp3) is 0.167.